The van der Waals surface area contributed by atoms with Gasteiger partial charge in [-0.1, -0.05) is 0 Å². The lowest BCUT2D eigenvalue weighted by Crippen LogP contribution is -2.42. The smallest absolute Gasteiger partial charge is 0.136 e. The van der Waals surface area contributed by atoms with Crippen molar-refractivity contribution in [2.24, 2.45) is 0 Å². The van der Waals surface area contributed by atoms with E-state index >= 15 is 0 Å². The molecule has 2 rings (SSSR count). The minimum Gasteiger partial charge on any atom is -0.297 e. The number of thioether (sulfide) groups is 1. The first-order valence-electron chi connectivity index (χ1n) is 6.29. The van der Waals surface area contributed by atoms with Crippen molar-refractivity contribution >= 4 is 11.8 Å². The molecule has 2 nitrogen and oxygen atoms in total. The van der Waals surface area contributed by atoms with Gasteiger partial charge in [0, 0.05) is 16.7 Å². The van der Waals surface area contributed by atoms with Crippen LogP contribution in [0.15, 0.2) is 23.1 Å². The Balaban J connectivity index is 1.88. The second-order valence-electron chi connectivity index (χ2n) is 5.04. The Morgan fingerprint density at radius 3 is 2.84 bits per heavy atom. The summed E-state index contributed by atoms with van der Waals surface area (Å²) < 4.78 is 26.4. The molecule has 0 heterocycles. The molecule has 0 aromatic heterocycles. The summed E-state index contributed by atoms with van der Waals surface area (Å²) >= 11 is 1.24. The van der Waals surface area contributed by atoms with Crippen LogP contribution in [0.1, 0.15) is 26.2 Å². The van der Waals surface area contributed by atoms with Gasteiger partial charge in [0.2, 0.25) is 0 Å². The van der Waals surface area contributed by atoms with Crippen LogP contribution < -0.4 is 5.32 Å². The Morgan fingerprint density at radius 1 is 1.47 bits per heavy atom. The zero-order valence-corrected chi connectivity index (χ0v) is 11.6. The highest BCUT2D eigenvalue weighted by Gasteiger charge is 2.32. The lowest BCUT2D eigenvalue weighted by molar-refractivity contribution is 0.433. The van der Waals surface area contributed by atoms with Crippen molar-refractivity contribution < 1.29 is 8.78 Å². The first kappa shape index (κ1) is 14.3. The maximum absolute atomic E-state index is 13.4. The Labute approximate surface area is 116 Å². The topological polar surface area (TPSA) is 35.8 Å². The summed E-state index contributed by atoms with van der Waals surface area (Å²) in [5.74, 6) is -0.285. The molecule has 1 aliphatic carbocycles. The monoisotopic (exact) mass is 282 g/mol. The zero-order valence-electron chi connectivity index (χ0n) is 10.7. The van der Waals surface area contributed by atoms with E-state index in [1.165, 1.54) is 17.8 Å². The molecule has 1 aromatic rings. The largest absolute Gasteiger partial charge is 0.297 e. The van der Waals surface area contributed by atoms with Gasteiger partial charge in [-0.3, -0.25) is 5.32 Å². The summed E-state index contributed by atoms with van der Waals surface area (Å²) in [6, 6.07) is 6.14. The number of hydrogen-bond donors (Lipinski definition) is 1. The predicted molar refractivity (Wildman–Crippen MR) is 71.9 cm³/mol. The highest BCUT2D eigenvalue weighted by atomic mass is 32.2. The molecule has 1 aliphatic rings. The molecule has 0 amide bonds. The van der Waals surface area contributed by atoms with Crippen molar-refractivity contribution in [3.8, 4) is 6.07 Å². The molecular weight excluding hydrogens is 266 g/mol. The molecule has 5 heteroatoms. The predicted octanol–water partition coefficient (Wildman–Crippen LogP) is 3.48. The van der Waals surface area contributed by atoms with Gasteiger partial charge >= 0.3 is 0 Å². The van der Waals surface area contributed by atoms with Gasteiger partial charge in [-0.25, -0.2) is 8.78 Å². The van der Waals surface area contributed by atoms with Gasteiger partial charge in [-0.05, 0) is 44.4 Å². The van der Waals surface area contributed by atoms with Crippen molar-refractivity contribution in [1.29, 1.82) is 5.26 Å². The number of nitrogens with zero attached hydrogens (tertiary/aromatic N) is 1. The fraction of sp³-hybridized carbons (Fsp3) is 0.500. The fourth-order valence-corrected chi connectivity index (χ4v) is 2.92. The van der Waals surface area contributed by atoms with E-state index in [-0.39, 0.29) is 0 Å². The molecule has 19 heavy (non-hydrogen) atoms. The number of rotatable bonds is 6. The van der Waals surface area contributed by atoms with Gasteiger partial charge in [0.1, 0.15) is 17.2 Å². The Bertz CT molecular complexity index is 497. The van der Waals surface area contributed by atoms with Gasteiger partial charge in [-0.15, -0.1) is 11.8 Å². The Kier molecular flexibility index (Phi) is 4.43. The van der Waals surface area contributed by atoms with Crippen molar-refractivity contribution in [2.45, 2.75) is 42.7 Å². The minimum atomic E-state index is -0.585. The molecule has 1 N–H and O–H groups in total. The van der Waals surface area contributed by atoms with Crippen LogP contribution in [0.2, 0.25) is 0 Å². The molecule has 0 radical (unpaired) electrons. The maximum atomic E-state index is 13.4. The summed E-state index contributed by atoms with van der Waals surface area (Å²) in [6.45, 7) is 1.85. The van der Waals surface area contributed by atoms with Crippen molar-refractivity contribution in [1.82, 2.24) is 5.32 Å². The molecule has 0 bridgehead atoms. The normalized spacial score (nSPS) is 17.8. The number of hydrogen-bond acceptors (Lipinski definition) is 3. The maximum Gasteiger partial charge on any atom is 0.136 e. The summed E-state index contributed by atoms with van der Waals surface area (Å²) in [7, 11) is 0. The van der Waals surface area contributed by atoms with Gasteiger partial charge in [0.15, 0.2) is 0 Å². The number of nitrogens with one attached hydrogen (secondary N) is 1. The second kappa shape index (κ2) is 5.89. The van der Waals surface area contributed by atoms with Gasteiger partial charge in [-0.2, -0.15) is 5.26 Å². The summed E-state index contributed by atoms with van der Waals surface area (Å²) in [5.41, 5.74) is -0.585. The van der Waals surface area contributed by atoms with E-state index in [4.69, 9.17) is 0 Å². The zero-order chi connectivity index (χ0) is 13.9. The molecule has 1 saturated carbocycles. The molecule has 1 aromatic carbocycles. The van der Waals surface area contributed by atoms with E-state index < -0.39 is 17.2 Å². The van der Waals surface area contributed by atoms with Gasteiger partial charge in [0.25, 0.3) is 0 Å². The third-order valence-electron chi connectivity index (χ3n) is 3.10. The molecule has 0 saturated heterocycles. The van der Waals surface area contributed by atoms with Crippen LogP contribution in [-0.2, 0) is 0 Å². The average molecular weight is 282 g/mol. The van der Waals surface area contributed by atoms with Crippen molar-refractivity contribution in [3.63, 3.8) is 0 Å². The Hall–Kier alpha value is -1.12. The lowest BCUT2D eigenvalue weighted by atomic mass is 10.0. The van der Waals surface area contributed by atoms with E-state index in [0.29, 0.717) is 23.1 Å². The van der Waals surface area contributed by atoms with Crippen LogP contribution in [0.3, 0.4) is 0 Å². The highest BCUT2D eigenvalue weighted by molar-refractivity contribution is 7.99. The summed E-state index contributed by atoms with van der Waals surface area (Å²) in [6.07, 6.45) is 2.83. The van der Waals surface area contributed by atoms with Gasteiger partial charge < -0.3 is 0 Å². The SMILES string of the molecule is CC(C#N)(CCSc1cc(F)ccc1F)NC1CC1. The first-order valence-corrected chi connectivity index (χ1v) is 7.28. The number of halogens is 2. The summed E-state index contributed by atoms with van der Waals surface area (Å²) in [4.78, 5) is 0.298. The molecule has 0 aliphatic heterocycles. The standard InChI is InChI=1S/C14H16F2N2S/c1-14(9-17,18-11-3-4-11)6-7-19-13-8-10(15)2-5-12(13)16/h2,5,8,11,18H,3-4,6-7H2,1H3. The molecular formula is C14H16F2N2S. The number of benzene rings is 1. The van der Waals surface area contributed by atoms with Crippen LogP contribution >= 0.6 is 11.8 Å². The lowest BCUT2D eigenvalue weighted by Gasteiger charge is -2.22. The third-order valence-corrected chi connectivity index (χ3v) is 4.13. The van der Waals surface area contributed by atoms with Crippen molar-refractivity contribution in [2.75, 3.05) is 5.75 Å². The van der Waals surface area contributed by atoms with Crippen LogP contribution in [0.25, 0.3) is 0 Å². The fourth-order valence-electron chi connectivity index (χ4n) is 1.79. The van der Waals surface area contributed by atoms with Crippen LogP contribution in [0, 0.1) is 23.0 Å². The van der Waals surface area contributed by atoms with Gasteiger partial charge in [0.05, 0.1) is 6.07 Å². The molecule has 0 spiro atoms. The van der Waals surface area contributed by atoms with Crippen LogP contribution in [0.5, 0.6) is 0 Å². The summed E-state index contributed by atoms with van der Waals surface area (Å²) in [5, 5.41) is 12.5. The third kappa shape index (κ3) is 4.19. The van der Waals surface area contributed by atoms with E-state index in [2.05, 4.69) is 11.4 Å². The molecule has 102 valence electrons. The van der Waals surface area contributed by atoms with E-state index in [9.17, 15) is 14.0 Å². The molecule has 1 fully saturated rings. The van der Waals surface area contributed by atoms with E-state index in [1.807, 2.05) is 6.92 Å². The van der Waals surface area contributed by atoms with Crippen LogP contribution in [-0.4, -0.2) is 17.3 Å². The van der Waals surface area contributed by atoms with Crippen LogP contribution in [0.4, 0.5) is 8.78 Å². The highest BCUT2D eigenvalue weighted by Crippen LogP contribution is 2.28. The van der Waals surface area contributed by atoms with Crippen molar-refractivity contribution in [3.05, 3.63) is 29.8 Å². The average Bonchev–Trinajstić information content (AvgIpc) is 3.17. The quantitative estimate of drug-likeness (QED) is 0.811. The number of nitriles is 1. The Morgan fingerprint density at radius 2 is 2.21 bits per heavy atom. The van der Waals surface area contributed by atoms with E-state index in [1.54, 1.807) is 0 Å². The molecule has 1 unspecified atom stereocenters. The minimum absolute atomic E-state index is 0.298. The first-order chi connectivity index (χ1) is 9.02. The second-order valence-corrected chi connectivity index (χ2v) is 6.17. The van der Waals surface area contributed by atoms with E-state index in [0.717, 1.165) is 25.0 Å². The molecule has 1 atom stereocenters.